The number of piperazine rings is 1. The Morgan fingerprint density at radius 2 is 1.81 bits per heavy atom. The molecule has 0 spiro atoms. The van der Waals surface area contributed by atoms with Gasteiger partial charge in [0.2, 0.25) is 5.91 Å². The maximum atomic E-state index is 14.1. The van der Waals surface area contributed by atoms with Crippen molar-refractivity contribution in [3.63, 3.8) is 0 Å². The summed E-state index contributed by atoms with van der Waals surface area (Å²) in [5.74, 6) is -0.165. The van der Waals surface area contributed by atoms with Crippen molar-refractivity contribution in [3.8, 4) is 0 Å². The van der Waals surface area contributed by atoms with Gasteiger partial charge in [0.25, 0.3) is 5.91 Å². The van der Waals surface area contributed by atoms with Crippen molar-refractivity contribution in [2.24, 2.45) is 0 Å². The maximum Gasteiger partial charge on any atom is 0.254 e. The first-order chi connectivity index (χ1) is 17.5. The Balaban J connectivity index is 1.38. The number of halogens is 1. The Kier molecular flexibility index (Phi) is 6.02. The number of morpholine rings is 1. The third-order valence-corrected chi connectivity index (χ3v) is 8.45. The minimum atomic E-state index is -1.08. The van der Waals surface area contributed by atoms with Gasteiger partial charge in [-0.3, -0.25) is 14.5 Å². The zero-order valence-corrected chi connectivity index (χ0v) is 21.3. The van der Waals surface area contributed by atoms with Crippen LogP contribution in [0.25, 0.3) is 10.9 Å². The predicted octanol–water partition coefficient (Wildman–Crippen LogP) is 3.58. The topological polar surface area (TPSA) is 68.9 Å². The first kappa shape index (κ1) is 23.5. The summed E-state index contributed by atoms with van der Waals surface area (Å²) < 4.78 is 5.44. The summed E-state index contributed by atoms with van der Waals surface area (Å²) in [6.07, 6.45) is 0.830. The highest BCUT2D eigenvalue weighted by molar-refractivity contribution is 6.31. The highest BCUT2D eigenvalue weighted by Crippen LogP contribution is 2.49. The molecule has 1 aromatic heterocycles. The minimum absolute atomic E-state index is 0.0190. The quantitative estimate of drug-likeness (QED) is 0.574. The van der Waals surface area contributed by atoms with Gasteiger partial charge in [0.15, 0.2) is 5.54 Å². The van der Waals surface area contributed by atoms with Crippen LogP contribution >= 0.6 is 11.6 Å². The lowest BCUT2D eigenvalue weighted by atomic mass is 9.76. The summed E-state index contributed by atoms with van der Waals surface area (Å²) in [5.41, 5.74) is 2.72. The van der Waals surface area contributed by atoms with E-state index in [0.717, 1.165) is 67.0 Å². The van der Waals surface area contributed by atoms with Crippen LogP contribution in [0.5, 0.6) is 0 Å². The van der Waals surface area contributed by atoms with Crippen LogP contribution in [0.3, 0.4) is 0 Å². The Hall–Kier alpha value is -2.87. The van der Waals surface area contributed by atoms with Crippen LogP contribution < -0.4 is 0 Å². The third kappa shape index (κ3) is 3.72. The number of hydrogen-bond donors (Lipinski definition) is 1. The summed E-state index contributed by atoms with van der Waals surface area (Å²) >= 11 is 6.66. The molecule has 6 rings (SSSR count). The van der Waals surface area contributed by atoms with E-state index in [1.807, 2.05) is 49.4 Å². The number of aromatic nitrogens is 1. The fourth-order valence-electron chi connectivity index (χ4n) is 6.20. The SMILES string of the molecule is C[C@]12C(=O)N(CCCN3CCOCC3)CC(=O)N1CC(c1ccccc1Cl)c1c2[nH]c2ccccc12. The Bertz CT molecular complexity index is 1320. The van der Waals surface area contributed by atoms with Crippen LogP contribution in [0.4, 0.5) is 0 Å². The normalized spacial score (nSPS) is 24.8. The molecule has 2 saturated heterocycles. The zero-order valence-electron chi connectivity index (χ0n) is 20.5. The van der Waals surface area contributed by atoms with E-state index in [9.17, 15) is 9.59 Å². The van der Waals surface area contributed by atoms with Crippen molar-refractivity contribution in [2.75, 3.05) is 52.5 Å². The molecule has 3 aromatic rings. The average molecular weight is 507 g/mol. The van der Waals surface area contributed by atoms with Crippen molar-refractivity contribution < 1.29 is 14.3 Å². The molecule has 2 amide bonds. The summed E-state index contributed by atoms with van der Waals surface area (Å²) in [6, 6.07) is 15.9. The molecule has 3 aliphatic heterocycles. The van der Waals surface area contributed by atoms with Crippen LogP contribution in [0, 0.1) is 0 Å². The second-order valence-electron chi connectivity index (χ2n) is 10.1. The van der Waals surface area contributed by atoms with Gasteiger partial charge in [0, 0.05) is 54.6 Å². The number of para-hydroxylation sites is 1. The van der Waals surface area contributed by atoms with Crippen LogP contribution in [0.2, 0.25) is 5.02 Å². The van der Waals surface area contributed by atoms with E-state index in [0.29, 0.717) is 18.1 Å². The number of nitrogens with zero attached hydrogens (tertiary/aromatic N) is 3. The van der Waals surface area contributed by atoms with E-state index in [1.165, 1.54) is 0 Å². The van der Waals surface area contributed by atoms with Crippen LogP contribution in [-0.4, -0.2) is 84.0 Å². The van der Waals surface area contributed by atoms with Gasteiger partial charge in [-0.1, -0.05) is 48.0 Å². The van der Waals surface area contributed by atoms with Crippen molar-refractivity contribution in [1.29, 1.82) is 0 Å². The van der Waals surface area contributed by atoms with Crippen LogP contribution in [-0.2, 0) is 19.9 Å². The highest BCUT2D eigenvalue weighted by atomic mass is 35.5. The third-order valence-electron chi connectivity index (χ3n) is 8.10. The second-order valence-corrected chi connectivity index (χ2v) is 10.6. The second kappa shape index (κ2) is 9.21. The fraction of sp³-hybridized carbons (Fsp3) is 0.429. The number of carbonyl (C=O) groups excluding carboxylic acids is 2. The van der Waals surface area contributed by atoms with Gasteiger partial charge in [0.1, 0.15) is 0 Å². The highest BCUT2D eigenvalue weighted by Gasteiger charge is 2.56. The molecule has 36 heavy (non-hydrogen) atoms. The van der Waals surface area contributed by atoms with Crippen LogP contribution in [0.1, 0.15) is 36.1 Å². The number of nitrogens with one attached hydrogen (secondary N) is 1. The van der Waals surface area contributed by atoms with E-state index in [4.69, 9.17) is 16.3 Å². The van der Waals surface area contributed by atoms with Crippen molar-refractivity contribution in [3.05, 3.63) is 70.4 Å². The molecule has 1 N–H and O–H groups in total. The van der Waals surface area contributed by atoms with Crippen molar-refractivity contribution in [2.45, 2.75) is 24.8 Å². The molecule has 2 atom stereocenters. The number of ether oxygens (including phenoxy) is 1. The summed E-state index contributed by atoms with van der Waals surface area (Å²) in [4.78, 5) is 37.1. The van der Waals surface area contributed by atoms with Gasteiger partial charge < -0.3 is 19.5 Å². The van der Waals surface area contributed by atoms with Crippen molar-refractivity contribution >= 4 is 34.3 Å². The number of amides is 2. The Morgan fingerprint density at radius 3 is 2.61 bits per heavy atom. The Morgan fingerprint density at radius 1 is 1.06 bits per heavy atom. The molecule has 3 aliphatic rings. The lowest BCUT2D eigenvalue weighted by Crippen LogP contribution is -2.67. The fourth-order valence-corrected chi connectivity index (χ4v) is 6.47. The number of benzene rings is 2. The van der Waals surface area contributed by atoms with E-state index >= 15 is 0 Å². The number of fused-ring (bicyclic) bond motifs is 5. The van der Waals surface area contributed by atoms with Gasteiger partial charge >= 0.3 is 0 Å². The number of rotatable bonds is 5. The molecule has 188 valence electrons. The zero-order chi connectivity index (χ0) is 24.9. The molecule has 0 bridgehead atoms. The van der Waals surface area contributed by atoms with E-state index in [1.54, 1.807) is 9.80 Å². The molecule has 2 fully saturated rings. The van der Waals surface area contributed by atoms with E-state index < -0.39 is 5.54 Å². The first-order valence-electron chi connectivity index (χ1n) is 12.7. The molecule has 1 unspecified atom stereocenters. The van der Waals surface area contributed by atoms with Gasteiger partial charge in [-0.15, -0.1) is 0 Å². The predicted molar refractivity (Wildman–Crippen MR) is 139 cm³/mol. The summed E-state index contributed by atoms with van der Waals surface area (Å²) in [7, 11) is 0. The van der Waals surface area contributed by atoms with Gasteiger partial charge in [0.05, 0.1) is 25.5 Å². The van der Waals surface area contributed by atoms with Crippen molar-refractivity contribution in [1.82, 2.24) is 19.7 Å². The minimum Gasteiger partial charge on any atom is -0.379 e. The molecular formula is C28H31ClN4O3. The molecule has 0 aliphatic carbocycles. The number of aromatic amines is 1. The monoisotopic (exact) mass is 506 g/mol. The summed E-state index contributed by atoms with van der Waals surface area (Å²) in [6.45, 7) is 7.24. The number of carbonyl (C=O) groups is 2. The molecule has 7 nitrogen and oxygen atoms in total. The Labute approximate surface area is 215 Å². The number of H-pyrrole nitrogens is 1. The molecule has 8 heteroatoms. The molecule has 4 heterocycles. The van der Waals surface area contributed by atoms with Gasteiger partial charge in [-0.25, -0.2) is 0 Å². The average Bonchev–Trinajstić information content (AvgIpc) is 3.29. The van der Waals surface area contributed by atoms with E-state index in [2.05, 4.69) is 16.0 Å². The van der Waals surface area contributed by atoms with Gasteiger partial charge in [-0.2, -0.15) is 0 Å². The molecular weight excluding hydrogens is 476 g/mol. The largest absolute Gasteiger partial charge is 0.379 e. The lowest BCUT2D eigenvalue weighted by Gasteiger charge is -2.51. The van der Waals surface area contributed by atoms with Gasteiger partial charge in [-0.05, 0) is 36.6 Å². The van der Waals surface area contributed by atoms with Crippen LogP contribution in [0.15, 0.2) is 48.5 Å². The molecule has 2 aromatic carbocycles. The molecule has 0 radical (unpaired) electrons. The number of hydrogen-bond acceptors (Lipinski definition) is 4. The summed E-state index contributed by atoms with van der Waals surface area (Å²) in [5, 5.41) is 1.74. The lowest BCUT2D eigenvalue weighted by molar-refractivity contribution is -0.166. The first-order valence-corrected chi connectivity index (χ1v) is 13.1. The van der Waals surface area contributed by atoms with E-state index in [-0.39, 0.29) is 24.3 Å². The standard InChI is InChI=1S/C28H31ClN4O3/c1-28-26-25(20-8-3-5-10-23(20)30-26)21(19-7-2-4-9-22(19)29)17-33(28)24(34)18-32(27(28)35)12-6-11-31-13-15-36-16-14-31/h2-5,7-10,21,30H,6,11-18H2,1H3/t21?,28-/m0/s1. The maximum absolute atomic E-state index is 14.1. The molecule has 0 saturated carbocycles. The smallest absolute Gasteiger partial charge is 0.254 e.